The van der Waals surface area contributed by atoms with Crippen molar-refractivity contribution < 1.29 is 9.15 Å². The summed E-state index contributed by atoms with van der Waals surface area (Å²) >= 11 is 0. The van der Waals surface area contributed by atoms with E-state index in [0.29, 0.717) is 12.4 Å². The number of aliphatic imine (C=N–C) groups is 1. The first-order valence-corrected chi connectivity index (χ1v) is 10.3. The molecule has 0 radical (unpaired) electrons. The summed E-state index contributed by atoms with van der Waals surface area (Å²) in [6, 6.07) is 16.3. The molecule has 30 heavy (non-hydrogen) atoms. The monoisotopic (exact) mass is 406 g/mol. The van der Waals surface area contributed by atoms with Gasteiger partial charge in [-0.1, -0.05) is 29.8 Å². The van der Waals surface area contributed by atoms with E-state index in [9.17, 15) is 0 Å². The van der Waals surface area contributed by atoms with Crippen molar-refractivity contribution >= 4 is 5.96 Å². The summed E-state index contributed by atoms with van der Waals surface area (Å²) < 4.78 is 10.8. The third-order valence-electron chi connectivity index (χ3n) is 4.70. The van der Waals surface area contributed by atoms with Crippen LogP contribution in [0.1, 0.15) is 23.7 Å². The number of nitrogens with one attached hydrogen (secondary N) is 2. The van der Waals surface area contributed by atoms with Crippen LogP contribution in [-0.4, -0.2) is 37.7 Å². The highest BCUT2D eigenvalue weighted by atomic mass is 16.5. The fourth-order valence-electron chi connectivity index (χ4n) is 2.99. The molecule has 0 unspecified atom stereocenters. The molecule has 0 aliphatic rings. The number of benzene rings is 2. The Hall–Kier alpha value is -3.28. The molecule has 0 saturated heterocycles. The van der Waals surface area contributed by atoms with Crippen LogP contribution in [0.4, 0.5) is 0 Å². The molecule has 0 amide bonds. The van der Waals surface area contributed by atoms with Crippen molar-refractivity contribution in [1.82, 2.24) is 15.6 Å². The summed E-state index contributed by atoms with van der Waals surface area (Å²) in [4.78, 5) is 9.24. The number of aryl methyl sites for hydroxylation is 1. The Kier molecular flexibility index (Phi) is 7.89. The highest BCUT2D eigenvalue weighted by molar-refractivity contribution is 5.79. The van der Waals surface area contributed by atoms with Crippen molar-refractivity contribution in [2.75, 3.05) is 26.7 Å². The average molecular weight is 407 g/mol. The standard InChI is InChI=1S/C24H30N4O2/c1-4-25-24(26-15-13-19-7-11-22(29-3)12-8-19)27-16-14-21-17-30-23(28-21)20-9-5-18(2)6-10-20/h5-12,17H,4,13-16H2,1-3H3,(H2,25,26,27). The number of guanidine groups is 1. The SMILES string of the molecule is CCNC(=NCCc1coc(-c2ccc(C)cc2)n1)NCCc1ccc(OC)cc1. The summed E-state index contributed by atoms with van der Waals surface area (Å²) in [6.45, 7) is 6.38. The molecule has 2 N–H and O–H groups in total. The molecule has 0 bridgehead atoms. The van der Waals surface area contributed by atoms with Crippen LogP contribution < -0.4 is 15.4 Å². The average Bonchev–Trinajstić information content (AvgIpc) is 3.23. The predicted octanol–water partition coefficient (Wildman–Crippen LogP) is 4.00. The third-order valence-corrected chi connectivity index (χ3v) is 4.70. The molecular weight excluding hydrogens is 376 g/mol. The second kappa shape index (κ2) is 11.0. The third kappa shape index (κ3) is 6.37. The van der Waals surface area contributed by atoms with E-state index in [-0.39, 0.29) is 0 Å². The minimum absolute atomic E-state index is 0.637. The van der Waals surface area contributed by atoms with E-state index in [1.54, 1.807) is 13.4 Å². The molecule has 3 aromatic rings. The fraction of sp³-hybridized carbons (Fsp3) is 0.333. The van der Waals surface area contributed by atoms with E-state index in [1.807, 2.05) is 24.3 Å². The lowest BCUT2D eigenvalue weighted by atomic mass is 10.1. The van der Waals surface area contributed by atoms with Crippen molar-refractivity contribution in [2.45, 2.75) is 26.7 Å². The second-order valence-electron chi connectivity index (χ2n) is 7.05. The summed E-state index contributed by atoms with van der Waals surface area (Å²) in [5.74, 6) is 2.34. The van der Waals surface area contributed by atoms with Gasteiger partial charge in [0.15, 0.2) is 5.96 Å². The largest absolute Gasteiger partial charge is 0.497 e. The highest BCUT2D eigenvalue weighted by Gasteiger charge is 2.06. The van der Waals surface area contributed by atoms with Crippen molar-refractivity contribution in [3.05, 3.63) is 71.6 Å². The van der Waals surface area contributed by atoms with E-state index < -0.39 is 0 Å². The van der Waals surface area contributed by atoms with Crippen LogP contribution in [0.3, 0.4) is 0 Å². The number of hydrogen-bond acceptors (Lipinski definition) is 4. The van der Waals surface area contributed by atoms with E-state index in [4.69, 9.17) is 9.15 Å². The van der Waals surface area contributed by atoms with E-state index in [0.717, 1.165) is 48.9 Å². The van der Waals surface area contributed by atoms with Gasteiger partial charge >= 0.3 is 0 Å². The second-order valence-corrected chi connectivity index (χ2v) is 7.05. The summed E-state index contributed by atoms with van der Waals surface area (Å²) in [5, 5.41) is 6.67. The van der Waals surface area contributed by atoms with Gasteiger partial charge in [-0.15, -0.1) is 0 Å². The minimum Gasteiger partial charge on any atom is -0.497 e. The topological polar surface area (TPSA) is 71.7 Å². The van der Waals surface area contributed by atoms with Crippen LogP contribution in [0.15, 0.2) is 64.2 Å². The van der Waals surface area contributed by atoms with Gasteiger partial charge in [0.2, 0.25) is 5.89 Å². The van der Waals surface area contributed by atoms with Gasteiger partial charge in [0.25, 0.3) is 0 Å². The van der Waals surface area contributed by atoms with Gasteiger partial charge in [-0.2, -0.15) is 0 Å². The number of oxazole rings is 1. The Morgan fingerprint density at radius 2 is 1.80 bits per heavy atom. The van der Waals surface area contributed by atoms with Crippen molar-refractivity contribution in [3.63, 3.8) is 0 Å². The number of methoxy groups -OCH3 is 1. The van der Waals surface area contributed by atoms with Crippen LogP contribution >= 0.6 is 0 Å². The number of aromatic nitrogens is 1. The Morgan fingerprint density at radius 1 is 1.03 bits per heavy atom. The quantitative estimate of drug-likeness (QED) is 0.415. The van der Waals surface area contributed by atoms with Crippen LogP contribution in [0.2, 0.25) is 0 Å². The maximum Gasteiger partial charge on any atom is 0.226 e. The van der Waals surface area contributed by atoms with Crippen molar-refractivity contribution in [1.29, 1.82) is 0 Å². The first kappa shape index (κ1) is 21.4. The van der Waals surface area contributed by atoms with Gasteiger partial charge in [0.05, 0.1) is 12.8 Å². The molecule has 0 atom stereocenters. The lowest BCUT2D eigenvalue weighted by Gasteiger charge is -2.11. The van der Waals surface area contributed by atoms with Gasteiger partial charge in [-0.3, -0.25) is 4.99 Å². The molecular formula is C24H30N4O2. The van der Waals surface area contributed by atoms with Crippen LogP contribution in [0.5, 0.6) is 5.75 Å². The molecule has 2 aromatic carbocycles. The molecule has 3 rings (SSSR count). The van der Waals surface area contributed by atoms with E-state index >= 15 is 0 Å². The fourth-order valence-corrected chi connectivity index (χ4v) is 2.99. The van der Waals surface area contributed by atoms with Crippen LogP contribution in [0.25, 0.3) is 11.5 Å². The van der Waals surface area contributed by atoms with Gasteiger partial charge in [0.1, 0.15) is 12.0 Å². The van der Waals surface area contributed by atoms with Crippen molar-refractivity contribution in [3.8, 4) is 17.2 Å². The smallest absolute Gasteiger partial charge is 0.226 e. The molecule has 1 heterocycles. The highest BCUT2D eigenvalue weighted by Crippen LogP contribution is 2.19. The zero-order valence-electron chi connectivity index (χ0n) is 17.9. The predicted molar refractivity (Wildman–Crippen MR) is 121 cm³/mol. The molecule has 6 heteroatoms. The molecule has 1 aromatic heterocycles. The Bertz CT molecular complexity index is 931. The van der Waals surface area contributed by atoms with Crippen LogP contribution in [0, 0.1) is 6.92 Å². The first-order chi connectivity index (χ1) is 14.7. The Morgan fingerprint density at radius 3 is 2.50 bits per heavy atom. The van der Waals surface area contributed by atoms with E-state index in [2.05, 4.69) is 58.7 Å². The zero-order valence-corrected chi connectivity index (χ0v) is 17.9. The number of nitrogens with zero attached hydrogens (tertiary/aromatic N) is 2. The number of ether oxygens (including phenoxy) is 1. The van der Waals surface area contributed by atoms with Crippen molar-refractivity contribution in [2.24, 2.45) is 4.99 Å². The van der Waals surface area contributed by atoms with E-state index in [1.165, 1.54) is 11.1 Å². The number of hydrogen-bond donors (Lipinski definition) is 2. The molecule has 158 valence electrons. The molecule has 0 spiro atoms. The zero-order chi connectivity index (χ0) is 21.2. The Labute approximate surface area is 178 Å². The minimum atomic E-state index is 0.637. The van der Waals surface area contributed by atoms with Gasteiger partial charge in [-0.05, 0) is 50.1 Å². The lowest BCUT2D eigenvalue weighted by molar-refractivity contribution is 0.414. The maximum absolute atomic E-state index is 5.63. The summed E-state index contributed by atoms with van der Waals surface area (Å²) in [7, 11) is 1.68. The molecule has 0 aliphatic carbocycles. The molecule has 0 saturated carbocycles. The molecule has 6 nitrogen and oxygen atoms in total. The summed E-state index contributed by atoms with van der Waals surface area (Å²) in [6.07, 6.45) is 3.36. The van der Waals surface area contributed by atoms with Gasteiger partial charge in [0, 0.05) is 31.6 Å². The molecule has 0 aliphatic heterocycles. The first-order valence-electron chi connectivity index (χ1n) is 10.3. The molecule has 0 fully saturated rings. The summed E-state index contributed by atoms with van der Waals surface area (Å²) in [5.41, 5.74) is 4.37. The maximum atomic E-state index is 5.63. The number of rotatable bonds is 9. The normalized spacial score (nSPS) is 11.4. The lowest BCUT2D eigenvalue weighted by Crippen LogP contribution is -2.38. The van der Waals surface area contributed by atoms with Gasteiger partial charge < -0.3 is 19.8 Å². The van der Waals surface area contributed by atoms with Gasteiger partial charge in [-0.25, -0.2) is 4.98 Å². The Balaban J connectivity index is 1.48. The van der Waals surface area contributed by atoms with Crippen LogP contribution in [-0.2, 0) is 12.8 Å².